The summed E-state index contributed by atoms with van der Waals surface area (Å²) in [6.45, 7) is 10.1. The standard InChI is InChI=1S/C11H25N3/c1-6-7-12-10-11(2)14(5)9-8-13(3)4/h6,11-12H,1,7-10H2,2-5H3. The average Bonchev–Trinajstić information content (AvgIpc) is 2.14. The van der Waals surface area contributed by atoms with E-state index in [9.17, 15) is 0 Å². The van der Waals surface area contributed by atoms with E-state index >= 15 is 0 Å². The van der Waals surface area contributed by atoms with E-state index in [2.05, 4.69) is 49.8 Å². The second-order valence-corrected chi connectivity index (χ2v) is 4.08. The molecule has 1 N–H and O–H groups in total. The third-order valence-electron chi connectivity index (χ3n) is 2.38. The molecule has 0 saturated heterocycles. The Morgan fingerprint density at radius 1 is 1.29 bits per heavy atom. The summed E-state index contributed by atoms with van der Waals surface area (Å²) in [5.41, 5.74) is 0. The van der Waals surface area contributed by atoms with Gasteiger partial charge in [0.2, 0.25) is 0 Å². The van der Waals surface area contributed by atoms with Crippen LogP contribution in [-0.4, -0.2) is 63.2 Å². The maximum Gasteiger partial charge on any atom is 0.0189 e. The van der Waals surface area contributed by atoms with E-state index in [1.807, 2.05) is 6.08 Å². The molecule has 0 aromatic heterocycles. The number of hydrogen-bond donors (Lipinski definition) is 1. The van der Waals surface area contributed by atoms with Crippen LogP contribution in [0.2, 0.25) is 0 Å². The minimum atomic E-state index is 0.579. The van der Waals surface area contributed by atoms with Gasteiger partial charge in [0.05, 0.1) is 0 Å². The molecule has 1 unspecified atom stereocenters. The molecule has 0 aliphatic heterocycles. The van der Waals surface area contributed by atoms with Gasteiger partial charge in [-0.2, -0.15) is 0 Å². The van der Waals surface area contributed by atoms with Gasteiger partial charge in [-0.3, -0.25) is 0 Å². The maximum atomic E-state index is 3.68. The minimum Gasteiger partial charge on any atom is -0.312 e. The molecule has 0 heterocycles. The lowest BCUT2D eigenvalue weighted by molar-refractivity contribution is 0.225. The van der Waals surface area contributed by atoms with Crippen LogP contribution in [0.3, 0.4) is 0 Å². The molecule has 0 radical (unpaired) electrons. The van der Waals surface area contributed by atoms with Crippen LogP contribution in [-0.2, 0) is 0 Å². The van der Waals surface area contributed by atoms with Crippen LogP contribution in [0.4, 0.5) is 0 Å². The van der Waals surface area contributed by atoms with Gasteiger partial charge >= 0.3 is 0 Å². The van der Waals surface area contributed by atoms with Crippen molar-refractivity contribution in [3.8, 4) is 0 Å². The van der Waals surface area contributed by atoms with Gasteiger partial charge in [0.15, 0.2) is 0 Å². The van der Waals surface area contributed by atoms with Crippen LogP contribution in [0.5, 0.6) is 0 Å². The molecule has 0 aromatic carbocycles. The van der Waals surface area contributed by atoms with Gasteiger partial charge in [-0.05, 0) is 28.1 Å². The summed E-state index contributed by atoms with van der Waals surface area (Å²) in [5.74, 6) is 0. The summed E-state index contributed by atoms with van der Waals surface area (Å²) in [7, 11) is 6.38. The van der Waals surface area contributed by atoms with Crippen molar-refractivity contribution in [3.63, 3.8) is 0 Å². The van der Waals surface area contributed by atoms with E-state index < -0.39 is 0 Å². The van der Waals surface area contributed by atoms with Crippen molar-refractivity contribution >= 4 is 0 Å². The molecular formula is C11H25N3. The Morgan fingerprint density at radius 3 is 2.43 bits per heavy atom. The Labute approximate surface area is 88.8 Å². The first-order chi connectivity index (χ1) is 6.57. The monoisotopic (exact) mass is 199 g/mol. The van der Waals surface area contributed by atoms with E-state index in [1.54, 1.807) is 0 Å². The van der Waals surface area contributed by atoms with E-state index in [4.69, 9.17) is 0 Å². The quantitative estimate of drug-likeness (QED) is 0.457. The van der Waals surface area contributed by atoms with E-state index in [0.717, 1.165) is 26.2 Å². The van der Waals surface area contributed by atoms with Crippen LogP contribution >= 0.6 is 0 Å². The van der Waals surface area contributed by atoms with Gasteiger partial charge in [0.1, 0.15) is 0 Å². The SMILES string of the molecule is C=CCNCC(C)N(C)CCN(C)C. The third-order valence-corrected chi connectivity index (χ3v) is 2.38. The Hall–Kier alpha value is -0.380. The van der Waals surface area contributed by atoms with Gasteiger partial charge in [-0.15, -0.1) is 6.58 Å². The summed E-state index contributed by atoms with van der Waals surface area (Å²) in [4.78, 5) is 4.58. The highest BCUT2D eigenvalue weighted by Crippen LogP contribution is 1.93. The van der Waals surface area contributed by atoms with E-state index in [1.165, 1.54) is 0 Å². The first-order valence-corrected chi connectivity index (χ1v) is 5.24. The van der Waals surface area contributed by atoms with Gasteiger partial charge < -0.3 is 15.1 Å². The fourth-order valence-corrected chi connectivity index (χ4v) is 1.13. The molecule has 0 amide bonds. The maximum absolute atomic E-state index is 3.68. The molecule has 0 saturated carbocycles. The Morgan fingerprint density at radius 2 is 1.93 bits per heavy atom. The van der Waals surface area contributed by atoms with E-state index in [-0.39, 0.29) is 0 Å². The second-order valence-electron chi connectivity index (χ2n) is 4.08. The zero-order chi connectivity index (χ0) is 11.0. The normalized spacial score (nSPS) is 13.6. The molecule has 0 fully saturated rings. The first-order valence-electron chi connectivity index (χ1n) is 5.24. The van der Waals surface area contributed by atoms with Crippen molar-refractivity contribution in [1.82, 2.24) is 15.1 Å². The van der Waals surface area contributed by atoms with Gasteiger partial charge in [-0.25, -0.2) is 0 Å². The molecule has 3 nitrogen and oxygen atoms in total. The van der Waals surface area contributed by atoms with Crippen LogP contribution in [0, 0.1) is 0 Å². The number of rotatable bonds is 8. The summed E-state index contributed by atoms with van der Waals surface area (Å²) < 4.78 is 0. The van der Waals surface area contributed by atoms with Crippen molar-refractivity contribution < 1.29 is 0 Å². The fraction of sp³-hybridized carbons (Fsp3) is 0.818. The molecule has 14 heavy (non-hydrogen) atoms. The molecule has 0 rings (SSSR count). The van der Waals surface area contributed by atoms with Crippen LogP contribution in [0.1, 0.15) is 6.92 Å². The number of nitrogens with one attached hydrogen (secondary N) is 1. The minimum absolute atomic E-state index is 0.579. The van der Waals surface area contributed by atoms with E-state index in [0.29, 0.717) is 6.04 Å². The van der Waals surface area contributed by atoms with Crippen LogP contribution in [0.15, 0.2) is 12.7 Å². The number of nitrogens with zero attached hydrogens (tertiary/aromatic N) is 2. The highest BCUT2D eigenvalue weighted by Gasteiger charge is 2.07. The highest BCUT2D eigenvalue weighted by molar-refractivity contribution is 4.73. The second kappa shape index (κ2) is 7.97. The summed E-state index contributed by atoms with van der Waals surface area (Å²) in [5, 5.41) is 3.33. The van der Waals surface area contributed by atoms with Gasteiger partial charge in [0, 0.05) is 32.2 Å². The first kappa shape index (κ1) is 13.6. The predicted molar refractivity (Wildman–Crippen MR) is 63.7 cm³/mol. The van der Waals surface area contributed by atoms with Crippen LogP contribution in [0.25, 0.3) is 0 Å². The molecule has 0 aliphatic carbocycles. The Kier molecular flexibility index (Phi) is 7.76. The molecular weight excluding hydrogens is 174 g/mol. The fourth-order valence-electron chi connectivity index (χ4n) is 1.13. The summed E-state index contributed by atoms with van der Waals surface area (Å²) in [6.07, 6.45) is 1.90. The predicted octanol–water partition coefficient (Wildman–Crippen LogP) is 0.644. The largest absolute Gasteiger partial charge is 0.312 e. The molecule has 0 spiro atoms. The smallest absolute Gasteiger partial charge is 0.0189 e. The van der Waals surface area contributed by atoms with Crippen molar-refractivity contribution in [3.05, 3.63) is 12.7 Å². The Bertz CT molecular complexity index is 145. The zero-order valence-electron chi connectivity index (χ0n) is 10.1. The van der Waals surface area contributed by atoms with Crippen molar-refractivity contribution in [2.24, 2.45) is 0 Å². The summed E-state index contributed by atoms with van der Waals surface area (Å²) in [6, 6.07) is 0.579. The van der Waals surface area contributed by atoms with Crippen LogP contribution < -0.4 is 5.32 Å². The number of hydrogen-bond acceptors (Lipinski definition) is 3. The summed E-state index contributed by atoms with van der Waals surface area (Å²) >= 11 is 0. The van der Waals surface area contributed by atoms with Gasteiger partial charge in [0.25, 0.3) is 0 Å². The third kappa shape index (κ3) is 7.06. The van der Waals surface area contributed by atoms with Crippen molar-refractivity contribution in [2.45, 2.75) is 13.0 Å². The highest BCUT2D eigenvalue weighted by atomic mass is 15.2. The molecule has 0 aromatic rings. The zero-order valence-corrected chi connectivity index (χ0v) is 10.1. The Balaban J connectivity index is 3.53. The lowest BCUT2D eigenvalue weighted by Crippen LogP contribution is -2.40. The van der Waals surface area contributed by atoms with Crippen molar-refractivity contribution in [2.75, 3.05) is 47.3 Å². The van der Waals surface area contributed by atoms with Crippen molar-refractivity contribution in [1.29, 1.82) is 0 Å². The van der Waals surface area contributed by atoms with Gasteiger partial charge in [-0.1, -0.05) is 6.08 Å². The molecule has 1 atom stereocenters. The topological polar surface area (TPSA) is 18.5 Å². The average molecular weight is 199 g/mol. The lowest BCUT2D eigenvalue weighted by atomic mass is 10.3. The molecule has 0 aliphatic rings. The molecule has 0 bridgehead atoms. The lowest BCUT2D eigenvalue weighted by Gasteiger charge is -2.26. The molecule has 84 valence electrons. The molecule has 3 heteroatoms. The number of likely N-dealkylation sites (N-methyl/N-ethyl adjacent to an activating group) is 2.